The molecule has 1 atom stereocenters. The number of halogens is 2. The highest BCUT2D eigenvalue weighted by molar-refractivity contribution is 6.30. The van der Waals surface area contributed by atoms with Crippen LogP contribution < -0.4 is 4.74 Å². The van der Waals surface area contributed by atoms with Gasteiger partial charge in [0.25, 0.3) is 0 Å². The first-order valence-electron chi connectivity index (χ1n) is 6.39. The first kappa shape index (κ1) is 15.0. The van der Waals surface area contributed by atoms with Gasteiger partial charge in [-0.3, -0.25) is 0 Å². The second-order valence-corrected chi connectivity index (χ2v) is 5.39. The monoisotopic (exact) mass is 306 g/mol. The maximum Gasteiger partial charge on any atom is 0.118 e. The van der Waals surface area contributed by atoms with Gasteiger partial charge in [-0.1, -0.05) is 48.0 Å². The molecule has 0 bridgehead atoms. The number of rotatable bonds is 5. The van der Waals surface area contributed by atoms with Crippen molar-refractivity contribution >= 4 is 29.3 Å². The zero-order chi connectivity index (χ0) is 14.4. The molecule has 0 aromatic heterocycles. The summed E-state index contributed by atoms with van der Waals surface area (Å²) in [6.45, 7) is 0. The fourth-order valence-electron chi connectivity index (χ4n) is 1.85. The summed E-state index contributed by atoms with van der Waals surface area (Å²) in [6, 6.07) is 15.6. The molecule has 1 unspecified atom stereocenters. The quantitative estimate of drug-likeness (QED) is 0.641. The number of hydrogen-bond acceptors (Lipinski definition) is 1. The number of ether oxygens (including phenoxy) is 1. The molecule has 2 rings (SSSR count). The van der Waals surface area contributed by atoms with E-state index in [0.29, 0.717) is 0 Å². The summed E-state index contributed by atoms with van der Waals surface area (Å²) in [5.74, 6) is 0.860. The Kier molecular flexibility index (Phi) is 5.51. The molecule has 0 amide bonds. The summed E-state index contributed by atoms with van der Waals surface area (Å²) in [5, 5.41) is 0.688. The van der Waals surface area contributed by atoms with Crippen LogP contribution in [-0.2, 0) is 0 Å². The lowest BCUT2D eigenvalue weighted by Crippen LogP contribution is -1.87. The van der Waals surface area contributed by atoms with Crippen LogP contribution in [0, 0.1) is 0 Å². The van der Waals surface area contributed by atoms with Crippen molar-refractivity contribution in [3.63, 3.8) is 0 Å². The summed E-state index contributed by atoms with van der Waals surface area (Å²) < 4.78 is 5.12. The number of alkyl halides is 1. The van der Waals surface area contributed by atoms with Gasteiger partial charge in [0.05, 0.1) is 12.5 Å². The van der Waals surface area contributed by atoms with Crippen LogP contribution >= 0.6 is 23.2 Å². The van der Waals surface area contributed by atoms with Crippen LogP contribution in [0.15, 0.2) is 54.6 Å². The molecule has 0 spiro atoms. The van der Waals surface area contributed by atoms with Gasteiger partial charge in [0, 0.05) is 5.02 Å². The number of methoxy groups -OCH3 is 1. The molecule has 1 nitrogen and oxygen atoms in total. The Bertz CT molecular complexity index is 559. The van der Waals surface area contributed by atoms with Crippen LogP contribution in [0.25, 0.3) is 6.08 Å². The van der Waals surface area contributed by atoms with E-state index in [0.717, 1.165) is 28.3 Å². The van der Waals surface area contributed by atoms with Crippen LogP contribution in [0.5, 0.6) is 5.75 Å². The first-order valence-corrected chi connectivity index (χ1v) is 7.20. The summed E-state index contributed by atoms with van der Waals surface area (Å²) >= 11 is 12.2. The minimum absolute atomic E-state index is 0.0400. The maximum absolute atomic E-state index is 6.36. The van der Waals surface area contributed by atoms with Crippen LogP contribution in [0.1, 0.15) is 22.9 Å². The van der Waals surface area contributed by atoms with Gasteiger partial charge in [0.15, 0.2) is 0 Å². The van der Waals surface area contributed by atoms with Crippen molar-refractivity contribution in [3.05, 3.63) is 70.8 Å². The van der Waals surface area contributed by atoms with Gasteiger partial charge in [-0.05, 0) is 41.8 Å². The largest absolute Gasteiger partial charge is 0.497 e. The zero-order valence-corrected chi connectivity index (χ0v) is 12.7. The fraction of sp³-hybridized carbons (Fsp3) is 0.176. The molecule has 2 aromatic carbocycles. The lowest BCUT2D eigenvalue weighted by Gasteiger charge is -2.06. The number of hydrogen-bond donors (Lipinski definition) is 0. The summed E-state index contributed by atoms with van der Waals surface area (Å²) in [6.07, 6.45) is 4.91. The predicted molar refractivity (Wildman–Crippen MR) is 86.7 cm³/mol. The SMILES string of the molecule is COc1ccc(/C=C/CC(Cl)c2ccc(Cl)cc2)cc1. The molecular weight excluding hydrogens is 291 g/mol. The fourth-order valence-corrected chi connectivity index (χ4v) is 2.22. The smallest absolute Gasteiger partial charge is 0.118 e. The second kappa shape index (κ2) is 7.37. The molecule has 0 aliphatic rings. The van der Waals surface area contributed by atoms with Crippen molar-refractivity contribution < 1.29 is 4.74 Å². The Morgan fingerprint density at radius 3 is 2.30 bits per heavy atom. The van der Waals surface area contributed by atoms with Gasteiger partial charge in [0.1, 0.15) is 5.75 Å². The standard InChI is InChI=1S/C17H16Cl2O/c1-20-16-11-5-13(6-12-16)3-2-4-17(19)14-7-9-15(18)10-8-14/h2-3,5-12,17H,4H2,1H3/b3-2+. The molecule has 20 heavy (non-hydrogen) atoms. The maximum atomic E-state index is 6.36. The van der Waals surface area contributed by atoms with Gasteiger partial charge in [-0.2, -0.15) is 0 Å². The van der Waals surface area contributed by atoms with E-state index in [9.17, 15) is 0 Å². The van der Waals surface area contributed by atoms with Crippen molar-refractivity contribution in [1.82, 2.24) is 0 Å². The van der Waals surface area contributed by atoms with E-state index < -0.39 is 0 Å². The Morgan fingerprint density at radius 1 is 1.05 bits per heavy atom. The topological polar surface area (TPSA) is 9.23 Å². The number of benzene rings is 2. The van der Waals surface area contributed by atoms with Gasteiger partial charge < -0.3 is 4.74 Å². The highest BCUT2D eigenvalue weighted by atomic mass is 35.5. The first-order chi connectivity index (χ1) is 9.69. The lowest BCUT2D eigenvalue weighted by molar-refractivity contribution is 0.415. The van der Waals surface area contributed by atoms with Gasteiger partial charge in [0.2, 0.25) is 0 Å². The van der Waals surface area contributed by atoms with Crippen molar-refractivity contribution in [3.8, 4) is 5.75 Å². The normalized spacial score (nSPS) is 12.6. The molecule has 0 N–H and O–H groups in total. The summed E-state index contributed by atoms with van der Waals surface area (Å²) in [7, 11) is 1.66. The molecule has 3 heteroatoms. The van der Waals surface area contributed by atoms with E-state index in [1.807, 2.05) is 48.5 Å². The third-order valence-corrected chi connectivity index (χ3v) is 3.68. The van der Waals surface area contributed by atoms with Gasteiger partial charge in [-0.15, -0.1) is 11.6 Å². The zero-order valence-electron chi connectivity index (χ0n) is 11.2. The van der Waals surface area contributed by atoms with Crippen molar-refractivity contribution in [1.29, 1.82) is 0 Å². The van der Waals surface area contributed by atoms with Crippen LogP contribution in [0.4, 0.5) is 0 Å². The van der Waals surface area contributed by atoms with Crippen molar-refractivity contribution in [2.24, 2.45) is 0 Å². The van der Waals surface area contributed by atoms with E-state index in [-0.39, 0.29) is 5.38 Å². The second-order valence-electron chi connectivity index (χ2n) is 4.43. The third kappa shape index (κ3) is 4.29. The van der Waals surface area contributed by atoms with E-state index in [2.05, 4.69) is 12.2 Å². The molecule has 0 heterocycles. The average molecular weight is 307 g/mol. The molecule has 0 saturated heterocycles. The van der Waals surface area contributed by atoms with Gasteiger partial charge >= 0.3 is 0 Å². The van der Waals surface area contributed by atoms with Crippen molar-refractivity contribution in [2.45, 2.75) is 11.8 Å². The molecule has 0 aliphatic heterocycles. The lowest BCUT2D eigenvalue weighted by atomic mass is 10.1. The van der Waals surface area contributed by atoms with E-state index in [4.69, 9.17) is 27.9 Å². The number of allylic oxidation sites excluding steroid dienone is 1. The van der Waals surface area contributed by atoms with E-state index in [1.165, 1.54) is 0 Å². The summed E-state index contributed by atoms with van der Waals surface area (Å²) in [5.41, 5.74) is 2.21. The Balaban J connectivity index is 1.93. The van der Waals surface area contributed by atoms with Crippen LogP contribution in [0.2, 0.25) is 5.02 Å². The van der Waals surface area contributed by atoms with E-state index in [1.54, 1.807) is 7.11 Å². The molecule has 0 aliphatic carbocycles. The minimum atomic E-state index is -0.0400. The Labute approximate surface area is 129 Å². The predicted octanol–water partition coefficient (Wildman–Crippen LogP) is 5.73. The van der Waals surface area contributed by atoms with Crippen LogP contribution in [0.3, 0.4) is 0 Å². The molecule has 104 valence electrons. The van der Waals surface area contributed by atoms with Crippen molar-refractivity contribution in [2.75, 3.05) is 7.11 Å². The molecule has 0 radical (unpaired) electrons. The molecule has 0 fully saturated rings. The highest BCUT2D eigenvalue weighted by Crippen LogP contribution is 2.26. The van der Waals surface area contributed by atoms with Crippen LogP contribution in [-0.4, -0.2) is 7.11 Å². The van der Waals surface area contributed by atoms with Gasteiger partial charge in [-0.25, -0.2) is 0 Å². The average Bonchev–Trinajstić information content (AvgIpc) is 2.48. The summed E-state index contributed by atoms with van der Waals surface area (Å²) in [4.78, 5) is 0. The Hall–Kier alpha value is -1.44. The highest BCUT2D eigenvalue weighted by Gasteiger charge is 2.05. The van der Waals surface area contributed by atoms with E-state index >= 15 is 0 Å². The minimum Gasteiger partial charge on any atom is -0.497 e. The Morgan fingerprint density at radius 2 is 1.70 bits per heavy atom. The third-order valence-electron chi connectivity index (χ3n) is 3.00. The molecule has 2 aromatic rings. The molecule has 0 saturated carbocycles. The molecular formula is C17H16Cl2O.